The number of rotatable bonds is 3. The Morgan fingerprint density at radius 3 is 2.26 bits per heavy atom. The van der Waals surface area contributed by atoms with E-state index in [9.17, 15) is 0 Å². The van der Waals surface area contributed by atoms with Crippen molar-refractivity contribution in [2.45, 2.75) is 31.1 Å². The highest BCUT2D eigenvalue weighted by atomic mass is 14.7. The molecule has 2 N–H and O–H groups in total. The number of pyridine rings is 1. The Labute approximate surface area is 114 Å². The molecule has 2 aromatic rings. The van der Waals surface area contributed by atoms with Crippen LogP contribution < -0.4 is 5.73 Å². The lowest BCUT2D eigenvalue weighted by Crippen LogP contribution is -2.32. The fraction of sp³-hybridized carbons (Fsp3) is 0.353. The summed E-state index contributed by atoms with van der Waals surface area (Å²) in [5.41, 5.74) is 9.71. The Balaban J connectivity index is 1.91. The summed E-state index contributed by atoms with van der Waals surface area (Å²) < 4.78 is 0. The summed E-state index contributed by atoms with van der Waals surface area (Å²) in [5, 5.41) is 0. The van der Waals surface area contributed by atoms with E-state index in [1.165, 1.54) is 42.5 Å². The van der Waals surface area contributed by atoms with E-state index in [0.717, 1.165) is 0 Å². The van der Waals surface area contributed by atoms with Crippen molar-refractivity contribution in [3.8, 4) is 11.1 Å². The molecule has 0 spiro atoms. The van der Waals surface area contributed by atoms with Gasteiger partial charge < -0.3 is 5.73 Å². The van der Waals surface area contributed by atoms with E-state index in [2.05, 4.69) is 36.4 Å². The second-order valence-corrected chi connectivity index (χ2v) is 5.49. The number of aromatic nitrogens is 1. The third-order valence-electron chi connectivity index (χ3n) is 4.37. The lowest BCUT2D eigenvalue weighted by molar-refractivity contribution is 0.439. The van der Waals surface area contributed by atoms with E-state index >= 15 is 0 Å². The van der Waals surface area contributed by atoms with Crippen molar-refractivity contribution in [3.63, 3.8) is 0 Å². The Morgan fingerprint density at radius 2 is 1.68 bits per heavy atom. The molecule has 0 aliphatic heterocycles. The highest BCUT2D eigenvalue weighted by Gasteiger charge is 2.35. The van der Waals surface area contributed by atoms with Crippen molar-refractivity contribution in [1.82, 2.24) is 4.98 Å². The van der Waals surface area contributed by atoms with Crippen molar-refractivity contribution in [2.75, 3.05) is 6.54 Å². The summed E-state index contributed by atoms with van der Waals surface area (Å²) in [5.74, 6) is 0. The first kappa shape index (κ1) is 12.4. The van der Waals surface area contributed by atoms with Crippen molar-refractivity contribution in [1.29, 1.82) is 0 Å². The van der Waals surface area contributed by atoms with Gasteiger partial charge in [-0.2, -0.15) is 0 Å². The lowest BCUT2D eigenvalue weighted by atomic mass is 9.82. The van der Waals surface area contributed by atoms with Crippen LogP contribution in [0.15, 0.2) is 48.7 Å². The van der Waals surface area contributed by atoms with Gasteiger partial charge in [0.25, 0.3) is 0 Å². The first-order valence-corrected chi connectivity index (χ1v) is 7.06. The van der Waals surface area contributed by atoms with Crippen molar-refractivity contribution in [3.05, 3.63) is 54.4 Å². The van der Waals surface area contributed by atoms with E-state index < -0.39 is 0 Å². The molecule has 0 amide bonds. The van der Waals surface area contributed by atoms with Gasteiger partial charge in [0.05, 0.1) is 0 Å². The molecule has 0 bridgehead atoms. The molecule has 19 heavy (non-hydrogen) atoms. The third kappa shape index (κ3) is 2.28. The predicted molar refractivity (Wildman–Crippen MR) is 78.9 cm³/mol. The molecule has 98 valence electrons. The summed E-state index contributed by atoms with van der Waals surface area (Å²) in [6, 6.07) is 14.7. The summed E-state index contributed by atoms with van der Waals surface area (Å²) in [7, 11) is 0. The second kappa shape index (κ2) is 5.14. The van der Waals surface area contributed by atoms with Crippen LogP contribution in [0.5, 0.6) is 0 Å². The van der Waals surface area contributed by atoms with Crippen molar-refractivity contribution in [2.24, 2.45) is 5.73 Å². The molecule has 0 radical (unpaired) electrons. The molecular weight excluding hydrogens is 232 g/mol. The maximum absolute atomic E-state index is 6.01. The maximum atomic E-state index is 6.01. The van der Waals surface area contributed by atoms with Gasteiger partial charge in [0.1, 0.15) is 0 Å². The molecule has 1 aromatic carbocycles. The van der Waals surface area contributed by atoms with E-state index in [1.807, 2.05) is 12.3 Å². The average Bonchev–Trinajstić information content (AvgIpc) is 2.98. The van der Waals surface area contributed by atoms with Crippen LogP contribution in [0.1, 0.15) is 31.4 Å². The SMILES string of the molecule is NCC1(c2ccc(-c3ccccc3)cn2)CCCC1. The minimum Gasteiger partial charge on any atom is -0.330 e. The van der Waals surface area contributed by atoms with Crippen molar-refractivity contribution < 1.29 is 0 Å². The number of nitrogens with zero attached hydrogens (tertiary/aromatic N) is 1. The zero-order chi connectivity index (χ0) is 13.1. The highest BCUT2D eigenvalue weighted by molar-refractivity contribution is 5.62. The van der Waals surface area contributed by atoms with E-state index in [4.69, 9.17) is 10.7 Å². The first-order chi connectivity index (χ1) is 9.34. The molecule has 0 saturated heterocycles. The molecule has 1 saturated carbocycles. The van der Waals surface area contributed by atoms with Gasteiger partial charge in [0.2, 0.25) is 0 Å². The third-order valence-corrected chi connectivity index (χ3v) is 4.37. The molecule has 0 unspecified atom stereocenters. The molecule has 1 heterocycles. The Morgan fingerprint density at radius 1 is 0.947 bits per heavy atom. The summed E-state index contributed by atoms with van der Waals surface area (Å²) in [6.45, 7) is 0.713. The monoisotopic (exact) mass is 252 g/mol. The van der Waals surface area contributed by atoms with Crippen LogP contribution in [0.2, 0.25) is 0 Å². The van der Waals surface area contributed by atoms with Crippen LogP contribution in [0.4, 0.5) is 0 Å². The molecule has 1 aliphatic rings. The maximum Gasteiger partial charge on any atom is 0.0478 e. The van der Waals surface area contributed by atoms with Gasteiger partial charge in [0, 0.05) is 29.4 Å². The first-order valence-electron chi connectivity index (χ1n) is 7.06. The van der Waals surface area contributed by atoms with Gasteiger partial charge in [-0.25, -0.2) is 0 Å². The number of nitrogens with two attached hydrogens (primary N) is 1. The molecule has 1 aliphatic carbocycles. The van der Waals surface area contributed by atoms with Gasteiger partial charge >= 0.3 is 0 Å². The van der Waals surface area contributed by atoms with E-state index in [1.54, 1.807) is 0 Å². The molecule has 1 aromatic heterocycles. The van der Waals surface area contributed by atoms with Crippen molar-refractivity contribution >= 4 is 0 Å². The molecule has 2 nitrogen and oxygen atoms in total. The predicted octanol–water partition coefficient (Wildman–Crippen LogP) is 3.52. The van der Waals surface area contributed by atoms with E-state index in [0.29, 0.717) is 6.54 Å². The minimum atomic E-state index is 0.134. The van der Waals surface area contributed by atoms with Crippen LogP contribution in [-0.2, 0) is 5.41 Å². The number of hydrogen-bond acceptors (Lipinski definition) is 2. The Hall–Kier alpha value is -1.67. The van der Waals surface area contributed by atoms with Crippen LogP contribution in [0, 0.1) is 0 Å². The van der Waals surface area contributed by atoms with Crippen LogP contribution in [0.3, 0.4) is 0 Å². The molecule has 0 atom stereocenters. The quantitative estimate of drug-likeness (QED) is 0.907. The van der Waals surface area contributed by atoms with Gasteiger partial charge in [-0.05, 0) is 24.5 Å². The normalized spacial score (nSPS) is 17.5. The highest BCUT2D eigenvalue weighted by Crippen LogP contribution is 2.39. The zero-order valence-corrected chi connectivity index (χ0v) is 11.2. The molecule has 2 heteroatoms. The van der Waals surface area contributed by atoms with Crippen LogP contribution in [0.25, 0.3) is 11.1 Å². The molecule has 1 fully saturated rings. The van der Waals surface area contributed by atoms with E-state index in [-0.39, 0.29) is 5.41 Å². The lowest BCUT2D eigenvalue weighted by Gasteiger charge is -2.26. The minimum absolute atomic E-state index is 0.134. The van der Waals surface area contributed by atoms with Gasteiger partial charge in [-0.1, -0.05) is 49.2 Å². The number of hydrogen-bond donors (Lipinski definition) is 1. The van der Waals surface area contributed by atoms with Crippen LogP contribution >= 0.6 is 0 Å². The molecule has 3 rings (SSSR count). The Bertz CT molecular complexity index is 525. The van der Waals surface area contributed by atoms with Gasteiger partial charge in [-0.15, -0.1) is 0 Å². The fourth-order valence-electron chi connectivity index (χ4n) is 3.13. The van der Waals surface area contributed by atoms with Gasteiger partial charge in [0.15, 0.2) is 0 Å². The average molecular weight is 252 g/mol. The molecular formula is C17H20N2. The standard InChI is InChI=1S/C17H20N2/c18-13-17(10-4-5-11-17)16-9-8-15(12-19-16)14-6-2-1-3-7-14/h1-3,6-9,12H,4-5,10-11,13,18H2. The van der Waals surface area contributed by atoms with Crippen LogP contribution in [-0.4, -0.2) is 11.5 Å². The summed E-state index contributed by atoms with van der Waals surface area (Å²) in [4.78, 5) is 4.70. The summed E-state index contributed by atoms with van der Waals surface area (Å²) >= 11 is 0. The second-order valence-electron chi connectivity index (χ2n) is 5.49. The number of benzene rings is 1. The smallest absolute Gasteiger partial charge is 0.0478 e. The fourth-order valence-corrected chi connectivity index (χ4v) is 3.13. The van der Waals surface area contributed by atoms with Gasteiger partial charge in [-0.3, -0.25) is 4.98 Å². The topological polar surface area (TPSA) is 38.9 Å². The summed E-state index contributed by atoms with van der Waals surface area (Å²) in [6.07, 6.45) is 6.90. The largest absolute Gasteiger partial charge is 0.330 e. The zero-order valence-electron chi connectivity index (χ0n) is 11.2. The Kier molecular flexibility index (Phi) is 3.34.